The van der Waals surface area contributed by atoms with Crippen LogP contribution in [0.4, 0.5) is 22.7 Å². The van der Waals surface area contributed by atoms with Crippen molar-refractivity contribution in [2.24, 2.45) is 10.2 Å². The summed E-state index contributed by atoms with van der Waals surface area (Å²) in [5, 5.41) is 26.1. The molecule has 298 valence electrons. The monoisotopic (exact) mass is 836 g/mol. The highest BCUT2D eigenvalue weighted by atomic mass is 32.1. The first kappa shape index (κ1) is 38.7. The normalized spacial score (nSPS) is 15.5. The number of hydrogen-bond donors (Lipinski definition) is 2. The Hall–Kier alpha value is -7.52. The van der Waals surface area contributed by atoms with E-state index >= 15 is 0 Å². The van der Waals surface area contributed by atoms with Gasteiger partial charge in [-0.3, -0.25) is 0 Å². The molecular weight excluding hydrogens is 797 g/mol. The van der Waals surface area contributed by atoms with E-state index in [0.717, 1.165) is 101 Å². The molecule has 0 saturated heterocycles. The maximum absolute atomic E-state index is 6.28. The molecule has 0 aliphatic carbocycles. The lowest BCUT2D eigenvalue weighted by atomic mass is 9.90. The third-order valence-electron chi connectivity index (χ3n) is 11.3. The van der Waals surface area contributed by atoms with Crippen molar-refractivity contribution in [3.63, 3.8) is 0 Å². The van der Waals surface area contributed by atoms with E-state index in [1.54, 1.807) is 0 Å². The summed E-state index contributed by atoms with van der Waals surface area (Å²) in [6.45, 7) is 4.05. The van der Waals surface area contributed by atoms with E-state index in [2.05, 4.69) is 132 Å². The van der Waals surface area contributed by atoms with Gasteiger partial charge in [-0.25, -0.2) is 10.0 Å². The molecule has 8 heteroatoms. The van der Waals surface area contributed by atoms with Crippen LogP contribution in [0.25, 0.3) is 44.1 Å². The fraction of sp³-hybridized carbons (Fsp3) is 0.0370. The van der Waals surface area contributed by atoms with Crippen LogP contribution >= 0.6 is 24.4 Å². The zero-order valence-electron chi connectivity index (χ0n) is 34.1. The molecule has 0 unspecified atom stereocenters. The van der Waals surface area contributed by atoms with Gasteiger partial charge in [0.25, 0.3) is 0 Å². The van der Waals surface area contributed by atoms with Crippen molar-refractivity contribution in [2.45, 2.75) is 13.8 Å². The number of para-hydroxylation sites is 2. The van der Waals surface area contributed by atoms with Crippen LogP contribution in [0, 0.1) is 0 Å². The predicted octanol–water partition coefficient (Wildman–Crippen LogP) is 13.8. The fourth-order valence-corrected chi connectivity index (χ4v) is 9.20. The van der Waals surface area contributed by atoms with Gasteiger partial charge in [0.15, 0.2) is 0 Å². The van der Waals surface area contributed by atoms with Crippen LogP contribution in [0.15, 0.2) is 215 Å². The van der Waals surface area contributed by atoms with E-state index < -0.39 is 0 Å². The number of nitrogens with one attached hydrogen (secondary N) is 2. The lowest BCUT2D eigenvalue weighted by molar-refractivity contribution is 1.17. The molecule has 6 nitrogen and oxygen atoms in total. The highest BCUT2D eigenvalue weighted by Crippen LogP contribution is 2.46. The summed E-state index contributed by atoms with van der Waals surface area (Å²) in [6.07, 6.45) is 0. The van der Waals surface area contributed by atoms with Crippen molar-refractivity contribution in [3.05, 3.63) is 216 Å². The van der Waals surface area contributed by atoms with E-state index in [4.69, 9.17) is 34.6 Å². The molecule has 0 aromatic heterocycles. The smallest absolute Gasteiger partial charge is 0.139 e. The van der Waals surface area contributed by atoms with E-state index in [-0.39, 0.29) is 0 Å². The highest BCUT2D eigenvalue weighted by molar-refractivity contribution is 7.81. The third kappa shape index (κ3) is 7.05. The van der Waals surface area contributed by atoms with Gasteiger partial charge in [-0.1, -0.05) is 182 Å². The minimum atomic E-state index is 0.628. The molecule has 2 aliphatic rings. The second-order valence-corrected chi connectivity index (χ2v) is 15.9. The molecule has 0 radical (unpaired) electrons. The first-order valence-corrected chi connectivity index (χ1v) is 21.3. The summed E-state index contributed by atoms with van der Waals surface area (Å²) in [6, 6.07) is 66.8. The van der Waals surface area contributed by atoms with Crippen LogP contribution in [0.5, 0.6) is 0 Å². The van der Waals surface area contributed by atoms with Gasteiger partial charge in [-0.15, -0.1) is 0 Å². The largest absolute Gasteiger partial charge is 0.354 e. The molecule has 0 atom stereocenters. The van der Waals surface area contributed by atoms with Crippen LogP contribution in [-0.2, 0) is 0 Å². The molecule has 0 fully saturated rings. The molecule has 0 bridgehead atoms. The van der Waals surface area contributed by atoms with Crippen molar-refractivity contribution < 1.29 is 0 Å². The van der Waals surface area contributed by atoms with Gasteiger partial charge in [-0.05, 0) is 82.9 Å². The molecule has 8 aromatic rings. The number of rotatable bonds is 9. The average molecular weight is 837 g/mol. The molecule has 8 aromatic carbocycles. The second kappa shape index (κ2) is 16.5. The predicted molar refractivity (Wildman–Crippen MR) is 270 cm³/mol. The number of benzene rings is 8. The Morgan fingerprint density at radius 2 is 0.742 bits per heavy atom. The van der Waals surface area contributed by atoms with Gasteiger partial charge in [0.1, 0.15) is 9.98 Å². The van der Waals surface area contributed by atoms with Crippen LogP contribution in [0.1, 0.15) is 25.0 Å². The van der Waals surface area contributed by atoms with Gasteiger partial charge in [0.05, 0.1) is 45.3 Å². The number of hydrazone groups is 2. The molecule has 10 rings (SSSR count). The molecule has 2 aliphatic heterocycles. The highest BCUT2D eigenvalue weighted by Gasteiger charge is 2.32. The molecular formula is C54H40N6S2. The first-order valence-electron chi connectivity index (χ1n) is 20.5. The number of anilines is 4. The van der Waals surface area contributed by atoms with Crippen molar-refractivity contribution in [3.8, 4) is 11.1 Å². The Balaban J connectivity index is 1.20. The summed E-state index contributed by atoms with van der Waals surface area (Å²) in [4.78, 5) is 1.26. The SMILES string of the molecule is CC1=NN(c2ccccc2)C(=S)/C1=C(\Nc1ccc2ccccc2c1-c1c(N/C(=C2\C(=S)N(c3ccccc3)N=C2C)c2ccccc2)ccc2ccccc12)c1ccccc1. The third-order valence-corrected chi connectivity index (χ3v) is 12.0. The average Bonchev–Trinajstić information content (AvgIpc) is 3.79. The Kier molecular flexibility index (Phi) is 10.3. The second-order valence-electron chi connectivity index (χ2n) is 15.2. The summed E-state index contributed by atoms with van der Waals surface area (Å²) < 4.78 is 0. The van der Waals surface area contributed by atoms with Gasteiger partial charge in [0.2, 0.25) is 0 Å². The Labute approximate surface area is 371 Å². The minimum absolute atomic E-state index is 0.628. The molecule has 0 saturated carbocycles. The first-order chi connectivity index (χ1) is 30.4. The standard InChI is InChI=1S/C54H40N6S2/c1-35-47(53(61)59(57-35)41-25-11-5-12-26-41)51(39-21-7-3-8-22-39)55-45-33-31-37-19-15-17-29-43(37)49(45)50-44-30-18-16-20-38(44)32-34-46(50)56-52(40-23-9-4-10-24-40)48-36(2)58-60(54(48)62)42-27-13-6-14-28-42/h3-34,55-56H,1-2H3/b51-47-,52-48-. The van der Waals surface area contributed by atoms with Crippen molar-refractivity contribution >= 4 is 102 Å². The van der Waals surface area contributed by atoms with Crippen molar-refractivity contribution in [2.75, 3.05) is 20.7 Å². The van der Waals surface area contributed by atoms with Gasteiger partial charge < -0.3 is 10.6 Å². The minimum Gasteiger partial charge on any atom is -0.354 e. The molecule has 0 amide bonds. The fourth-order valence-electron chi connectivity index (χ4n) is 8.40. The van der Waals surface area contributed by atoms with Crippen LogP contribution < -0.4 is 20.7 Å². The quantitative estimate of drug-likeness (QED) is 0.112. The zero-order chi connectivity index (χ0) is 42.2. The number of thiocarbonyl (C=S) groups is 2. The Morgan fingerprint density at radius 3 is 1.13 bits per heavy atom. The summed E-state index contributed by atoms with van der Waals surface area (Å²) >= 11 is 12.6. The summed E-state index contributed by atoms with van der Waals surface area (Å²) in [5.41, 5.74) is 12.9. The van der Waals surface area contributed by atoms with E-state index in [0.29, 0.717) is 9.98 Å². The van der Waals surface area contributed by atoms with Gasteiger partial charge >= 0.3 is 0 Å². The van der Waals surface area contributed by atoms with E-state index in [9.17, 15) is 0 Å². The van der Waals surface area contributed by atoms with Crippen molar-refractivity contribution in [1.29, 1.82) is 0 Å². The number of fused-ring (bicyclic) bond motifs is 2. The van der Waals surface area contributed by atoms with E-state index in [1.807, 2.05) is 96.7 Å². The summed E-state index contributed by atoms with van der Waals surface area (Å²) in [5.74, 6) is 0. The maximum atomic E-state index is 6.28. The Morgan fingerprint density at radius 1 is 0.403 bits per heavy atom. The molecule has 2 N–H and O–H groups in total. The molecule has 0 spiro atoms. The van der Waals surface area contributed by atoms with E-state index in [1.165, 1.54) is 0 Å². The number of hydrogen-bond acceptors (Lipinski definition) is 6. The van der Waals surface area contributed by atoms with Gasteiger partial charge in [-0.2, -0.15) is 10.2 Å². The number of nitrogens with zero attached hydrogens (tertiary/aromatic N) is 4. The Bertz CT molecular complexity index is 2960. The van der Waals surface area contributed by atoms with Gasteiger partial charge in [0, 0.05) is 22.5 Å². The van der Waals surface area contributed by atoms with Crippen LogP contribution in [0.3, 0.4) is 0 Å². The zero-order valence-corrected chi connectivity index (χ0v) is 35.7. The van der Waals surface area contributed by atoms with Crippen LogP contribution in [0.2, 0.25) is 0 Å². The molecule has 62 heavy (non-hydrogen) atoms. The lowest BCUT2D eigenvalue weighted by Gasteiger charge is -2.24. The van der Waals surface area contributed by atoms with Crippen molar-refractivity contribution in [1.82, 2.24) is 0 Å². The maximum Gasteiger partial charge on any atom is 0.139 e. The van der Waals surface area contributed by atoms with Crippen LogP contribution in [-0.4, -0.2) is 21.4 Å². The topological polar surface area (TPSA) is 55.3 Å². The lowest BCUT2D eigenvalue weighted by Crippen LogP contribution is -2.21. The molecule has 2 heterocycles. The summed E-state index contributed by atoms with van der Waals surface area (Å²) in [7, 11) is 0.